The monoisotopic (exact) mass is 289 g/mol. The Balaban J connectivity index is 1.99. The van der Waals surface area contributed by atoms with Gasteiger partial charge < -0.3 is 14.8 Å². The van der Waals surface area contributed by atoms with Crippen molar-refractivity contribution in [1.82, 2.24) is 5.32 Å². The second-order valence-electron chi connectivity index (χ2n) is 4.74. The van der Waals surface area contributed by atoms with Crippen molar-refractivity contribution in [2.75, 3.05) is 14.2 Å². The first-order valence-corrected chi connectivity index (χ1v) is 6.84. The van der Waals surface area contributed by atoms with E-state index in [0.717, 1.165) is 11.1 Å². The van der Waals surface area contributed by atoms with E-state index in [1.165, 1.54) is 7.11 Å². The van der Waals surface area contributed by atoms with Crippen LogP contribution in [0.15, 0.2) is 42.5 Å². The number of ether oxygens (including phenoxy) is 2. The summed E-state index contributed by atoms with van der Waals surface area (Å²) in [6.07, 6.45) is 0. The number of benzene rings is 2. The molecule has 2 rings (SSSR count). The number of hydrogen-bond acceptors (Lipinski definition) is 3. The summed E-state index contributed by atoms with van der Waals surface area (Å²) in [7, 11) is 3.15. The van der Waals surface area contributed by atoms with Gasteiger partial charge in [0, 0.05) is 25.8 Å². The molecule has 0 saturated heterocycles. The van der Waals surface area contributed by atoms with Gasteiger partial charge in [-0.05, 0) is 17.2 Å². The molecule has 0 amide bonds. The van der Waals surface area contributed by atoms with Crippen molar-refractivity contribution in [3.05, 3.63) is 65.0 Å². The quantitative estimate of drug-likeness (QED) is 0.848. The Morgan fingerprint density at radius 1 is 0.905 bits per heavy atom. The molecule has 1 N–H and O–H groups in total. The lowest BCUT2D eigenvalue weighted by Crippen LogP contribution is -2.15. The highest BCUT2D eigenvalue weighted by atomic mass is 19.1. The molecule has 0 aromatic heterocycles. The Labute approximate surface area is 124 Å². The van der Waals surface area contributed by atoms with Crippen LogP contribution >= 0.6 is 0 Å². The van der Waals surface area contributed by atoms with Gasteiger partial charge in [0.1, 0.15) is 0 Å². The molecule has 3 nitrogen and oxygen atoms in total. The summed E-state index contributed by atoms with van der Waals surface area (Å²) in [5, 5.41) is 3.26. The highest BCUT2D eigenvalue weighted by Crippen LogP contribution is 2.20. The molecule has 112 valence electrons. The van der Waals surface area contributed by atoms with Gasteiger partial charge in [-0.25, -0.2) is 4.39 Å². The molecule has 0 unspecified atom stereocenters. The van der Waals surface area contributed by atoms with Gasteiger partial charge in [0.15, 0.2) is 11.6 Å². The second kappa shape index (κ2) is 7.76. The zero-order valence-corrected chi connectivity index (χ0v) is 12.4. The molecule has 0 bridgehead atoms. The smallest absolute Gasteiger partial charge is 0.169 e. The highest BCUT2D eigenvalue weighted by Gasteiger charge is 2.08. The molecule has 21 heavy (non-hydrogen) atoms. The maximum absolute atomic E-state index is 14.0. The lowest BCUT2D eigenvalue weighted by Gasteiger charge is -2.11. The first kappa shape index (κ1) is 15.5. The van der Waals surface area contributed by atoms with Gasteiger partial charge in [-0.3, -0.25) is 0 Å². The summed E-state index contributed by atoms with van der Waals surface area (Å²) in [6, 6.07) is 13.2. The zero-order valence-electron chi connectivity index (χ0n) is 12.4. The molecule has 2 aromatic rings. The summed E-state index contributed by atoms with van der Waals surface area (Å²) >= 11 is 0. The number of halogens is 1. The molecule has 0 fully saturated rings. The third kappa shape index (κ3) is 4.03. The summed E-state index contributed by atoms with van der Waals surface area (Å²) < 4.78 is 24.2. The van der Waals surface area contributed by atoms with Gasteiger partial charge in [-0.2, -0.15) is 0 Å². The van der Waals surface area contributed by atoms with Gasteiger partial charge >= 0.3 is 0 Å². The van der Waals surface area contributed by atoms with Crippen LogP contribution in [0.5, 0.6) is 5.75 Å². The third-order valence-electron chi connectivity index (χ3n) is 3.31. The van der Waals surface area contributed by atoms with Crippen LogP contribution in [0.25, 0.3) is 0 Å². The maximum Gasteiger partial charge on any atom is 0.169 e. The van der Waals surface area contributed by atoms with E-state index in [1.54, 1.807) is 25.3 Å². The Morgan fingerprint density at radius 2 is 1.57 bits per heavy atom. The van der Waals surface area contributed by atoms with Crippen LogP contribution < -0.4 is 10.1 Å². The number of nitrogens with one attached hydrogen (secondary N) is 1. The van der Waals surface area contributed by atoms with E-state index >= 15 is 0 Å². The summed E-state index contributed by atoms with van der Waals surface area (Å²) in [4.78, 5) is 0. The van der Waals surface area contributed by atoms with E-state index in [0.29, 0.717) is 25.3 Å². The van der Waals surface area contributed by atoms with Crippen LogP contribution in [-0.4, -0.2) is 14.2 Å². The van der Waals surface area contributed by atoms with E-state index in [4.69, 9.17) is 9.47 Å². The van der Waals surface area contributed by atoms with Gasteiger partial charge in [-0.15, -0.1) is 0 Å². The van der Waals surface area contributed by atoms with Gasteiger partial charge in [0.2, 0.25) is 0 Å². The molecule has 2 aromatic carbocycles. The highest BCUT2D eigenvalue weighted by molar-refractivity contribution is 5.31. The minimum absolute atomic E-state index is 0.272. The minimum Gasteiger partial charge on any atom is -0.494 e. The lowest BCUT2D eigenvalue weighted by molar-refractivity contribution is 0.184. The van der Waals surface area contributed by atoms with Gasteiger partial charge in [0.25, 0.3) is 0 Å². The molecule has 0 aliphatic rings. The van der Waals surface area contributed by atoms with Crippen LogP contribution in [0.2, 0.25) is 0 Å². The average Bonchev–Trinajstić information content (AvgIpc) is 2.51. The molecule has 0 aliphatic heterocycles. The van der Waals surface area contributed by atoms with Crippen molar-refractivity contribution in [3.8, 4) is 5.75 Å². The molecular weight excluding hydrogens is 269 g/mol. The Hall–Kier alpha value is -1.91. The number of methoxy groups -OCH3 is 2. The van der Waals surface area contributed by atoms with Gasteiger partial charge in [0.05, 0.1) is 13.7 Å². The fourth-order valence-corrected chi connectivity index (χ4v) is 2.21. The van der Waals surface area contributed by atoms with Crippen molar-refractivity contribution in [1.29, 1.82) is 0 Å². The summed E-state index contributed by atoms with van der Waals surface area (Å²) in [6.45, 7) is 1.69. The van der Waals surface area contributed by atoms with Crippen LogP contribution in [0.1, 0.15) is 16.7 Å². The van der Waals surface area contributed by atoms with Gasteiger partial charge in [-0.1, -0.05) is 36.4 Å². The molecule has 0 atom stereocenters. The van der Waals surface area contributed by atoms with Crippen molar-refractivity contribution in [2.45, 2.75) is 19.7 Å². The predicted molar refractivity (Wildman–Crippen MR) is 80.7 cm³/mol. The summed E-state index contributed by atoms with van der Waals surface area (Å²) in [5.41, 5.74) is 2.89. The third-order valence-corrected chi connectivity index (χ3v) is 3.31. The molecule has 0 heterocycles. The predicted octanol–water partition coefficient (Wildman–Crippen LogP) is 3.27. The van der Waals surface area contributed by atoms with E-state index in [-0.39, 0.29) is 11.6 Å². The topological polar surface area (TPSA) is 30.5 Å². The zero-order chi connectivity index (χ0) is 15.1. The Bertz CT molecular complexity index is 587. The van der Waals surface area contributed by atoms with Crippen LogP contribution in [0, 0.1) is 5.82 Å². The first-order chi connectivity index (χ1) is 10.3. The normalized spacial score (nSPS) is 10.6. The number of hydrogen-bond donors (Lipinski definition) is 1. The van der Waals surface area contributed by atoms with E-state index in [1.807, 2.05) is 24.3 Å². The number of rotatable bonds is 7. The molecule has 4 heteroatoms. The van der Waals surface area contributed by atoms with Crippen molar-refractivity contribution in [3.63, 3.8) is 0 Å². The van der Waals surface area contributed by atoms with Crippen LogP contribution in [0.4, 0.5) is 4.39 Å². The molecule has 0 radical (unpaired) electrons. The molecule has 0 aliphatic carbocycles. The van der Waals surface area contributed by atoms with E-state index in [9.17, 15) is 4.39 Å². The first-order valence-electron chi connectivity index (χ1n) is 6.84. The van der Waals surface area contributed by atoms with E-state index < -0.39 is 0 Å². The lowest BCUT2D eigenvalue weighted by atomic mass is 10.1. The van der Waals surface area contributed by atoms with Crippen LogP contribution in [0.3, 0.4) is 0 Å². The standard InChI is InChI=1S/C17H20FNO2/c1-20-12-15-7-4-3-6-13(15)10-19-11-14-8-5-9-16(21-2)17(14)18/h3-9,19H,10-12H2,1-2H3. The minimum atomic E-state index is -0.308. The Kier molecular flexibility index (Phi) is 5.72. The fourth-order valence-electron chi connectivity index (χ4n) is 2.21. The van der Waals surface area contributed by atoms with E-state index in [2.05, 4.69) is 5.32 Å². The van der Waals surface area contributed by atoms with Crippen molar-refractivity contribution >= 4 is 0 Å². The fraction of sp³-hybridized carbons (Fsp3) is 0.294. The molecule has 0 spiro atoms. The molecule has 0 saturated carbocycles. The molecular formula is C17H20FNO2. The Morgan fingerprint density at radius 3 is 2.29 bits per heavy atom. The van der Waals surface area contributed by atoms with Crippen LogP contribution in [-0.2, 0) is 24.4 Å². The second-order valence-corrected chi connectivity index (χ2v) is 4.74. The van der Waals surface area contributed by atoms with Crippen molar-refractivity contribution < 1.29 is 13.9 Å². The van der Waals surface area contributed by atoms with Crippen molar-refractivity contribution in [2.24, 2.45) is 0 Å². The largest absolute Gasteiger partial charge is 0.494 e. The SMILES string of the molecule is COCc1ccccc1CNCc1cccc(OC)c1F. The maximum atomic E-state index is 14.0. The average molecular weight is 289 g/mol. The summed E-state index contributed by atoms with van der Waals surface area (Å²) in [5.74, 6) is -0.0354.